The molecular formula is C16H23NO3. The second-order valence-corrected chi connectivity index (χ2v) is 4.92. The Morgan fingerprint density at radius 1 is 1.15 bits per heavy atom. The van der Waals surface area contributed by atoms with Gasteiger partial charge in [0, 0.05) is 19.5 Å². The van der Waals surface area contributed by atoms with Gasteiger partial charge in [0.25, 0.3) is 0 Å². The molecule has 0 saturated carbocycles. The number of carbonyl (C=O) groups excluding carboxylic acids is 1. The molecule has 4 heteroatoms. The van der Waals surface area contributed by atoms with E-state index in [4.69, 9.17) is 9.47 Å². The van der Waals surface area contributed by atoms with E-state index in [1.165, 1.54) is 0 Å². The minimum absolute atomic E-state index is 0.254. The standard InChI is InChI=1S/C16H23NO3/c1-2-19-14-8-3-4-9-15(14)20-13-7-10-16(18)17-11-5-6-12-17/h3-4,8-9H,2,5-7,10-13H2,1H3. The molecule has 0 spiro atoms. The normalized spacial score (nSPS) is 14.3. The zero-order valence-electron chi connectivity index (χ0n) is 12.1. The number of amides is 1. The number of rotatable bonds is 7. The number of nitrogens with zero attached hydrogens (tertiary/aromatic N) is 1. The fourth-order valence-electron chi connectivity index (χ4n) is 2.37. The average molecular weight is 277 g/mol. The zero-order chi connectivity index (χ0) is 14.2. The van der Waals surface area contributed by atoms with Crippen LogP contribution in [0.15, 0.2) is 24.3 Å². The third kappa shape index (κ3) is 4.15. The van der Waals surface area contributed by atoms with Gasteiger partial charge in [-0.05, 0) is 38.3 Å². The van der Waals surface area contributed by atoms with Crippen molar-refractivity contribution in [2.24, 2.45) is 0 Å². The largest absolute Gasteiger partial charge is 0.490 e. The van der Waals surface area contributed by atoms with Gasteiger partial charge >= 0.3 is 0 Å². The Morgan fingerprint density at radius 3 is 2.45 bits per heavy atom. The number of ether oxygens (including phenoxy) is 2. The van der Waals surface area contributed by atoms with Crippen LogP contribution in [-0.4, -0.2) is 37.1 Å². The first kappa shape index (κ1) is 14.7. The van der Waals surface area contributed by atoms with Crippen LogP contribution in [0.1, 0.15) is 32.6 Å². The van der Waals surface area contributed by atoms with Crippen molar-refractivity contribution >= 4 is 5.91 Å². The summed E-state index contributed by atoms with van der Waals surface area (Å²) in [6, 6.07) is 7.64. The molecule has 0 unspecified atom stereocenters. The molecule has 0 atom stereocenters. The van der Waals surface area contributed by atoms with Gasteiger partial charge in [-0.2, -0.15) is 0 Å². The summed E-state index contributed by atoms with van der Waals surface area (Å²) in [6.45, 7) is 4.96. The van der Waals surface area contributed by atoms with Crippen LogP contribution in [0.4, 0.5) is 0 Å². The third-order valence-electron chi connectivity index (χ3n) is 3.40. The quantitative estimate of drug-likeness (QED) is 0.719. The predicted molar refractivity (Wildman–Crippen MR) is 78.2 cm³/mol. The van der Waals surface area contributed by atoms with Crippen LogP contribution < -0.4 is 9.47 Å². The number of benzene rings is 1. The maximum atomic E-state index is 11.9. The van der Waals surface area contributed by atoms with Crippen LogP contribution >= 0.6 is 0 Å². The van der Waals surface area contributed by atoms with Crippen LogP contribution in [0.5, 0.6) is 11.5 Å². The Bertz CT molecular complexity index is 427. The summed E-state index contributed by atoms with van der Waals surface area (Å²) < 4.78 is 11.2. The van der Waals surface area contributed by atoms with E-state index in [1.54, 1.807) is 0 Å². The summed E-state index contributed by atoms with van der Waals surface area (Å²) in [5, 5.41) is 0. The zero-order valence-corrected chi connectivity index (χ0v) is 12.1. The van der Waals surface area contributed by atoms with E-state index in [-0.39, 0.29) is 5.91 Å². The summed E-state index contributed by atoms with van der Waals surface area (Å²) in [6.07, 6.45) is 3.60. The molecule has 110 valence electrons. The van der Waals surface area contributed by atoms with Crippen molar-refractivity contribution in [2.75, 3.05) is 26.3 Å². The molecule has 0 aliphatic carbocycles. The van der Waals surface area contributed by atoms with Crippen molar-refractivity contribution in [2.45, 2.75) is 32.6 Å². The lowest BCUT2D eigenvalue weighted by molar-refractivity contribution is -0.130. The van der Waals surface area contributed by atoms with E-state index in [2.05, 4.69) is 0 Å². The molecule has 1 heterocycles. The fraction of sp³-hybridized carbons (Fsp3) is 0.562. The Kier molecular flexibility index (Phi) is 5.71. The monoisotopic (exact) mass is 277 g/mol. The van der Waals surface area contributed by atoms with E-state index in [0.29, 0.717) is 19.6 Å². The van der Waals surface area contributed by atoms with Gasteiger partial charge in [-0.15, -0.1) is 0 Å². The lowest BCUT2D eigenvalue weighted by Crippen LogP contribution is -2.27. The molecular weight excluding hydrogens is 254 g/mol. The lowest BCUT2D eigenvalue weighted by atomic mass is 10.3. The second kappa shape index (κ2) is 7.78. The summed E-state index contributed by atoms with van der Waals surface area (Å²) in [4.78, 5) is 13.8. The highest BCUT2D eigenvalue weighted by Crippen LogP contribution is 2.26. The molecule has 4 nitrogen and oxygen atoms in total. The maximum absolute atomic E-state index is 11.9. The molecule has 0 bridgehead atoms. The molecule has 1 aromatic carbocycles. The number of hydrogen-bond acceptors (Lipinski definition) is 3. The van der Waals surface area contributed by atoms with Crippen LogP contribution in [-0.2, 0) is 4.79 Å². The van der Waals surface area contributed by atoms with Gasteiger partial charge in [-0.3, -0.25) is 4.79 Å². The van der Waals surface area contributed by atoms with Gasteiger partial charge in [0.2, 0.25) is 5.91 Å². The highest BCUT2D eigenvalue weighted by Gasteiger charge is 2.17. The third-order valence-corrected chi connectivity index (χ3v) is 3.40. The van der Waals surface area contributed by atoms with Gasteiger partial charge in [0.15, 0.2) is 11.5 Å². The Labute approximate surface area is 120 Å². The summed E-state index contributed by atoms with van der Waals surface area (Å²) in [5.74, 6) is 1.77. The molecule has 1 fully saturated rings. The van der Waals surface area contributed by atoms with Crippen LogP contribution in [0.2, 0.25) is 0 Å². The summed E-state index contributed by atoms with van der Waals surface area (Å²) in [5.41, 5.74) is 0. The molecule has 1 aliphatic heterocycles. The van der Waals surface area contributed by atoms with Crippen molar-refractivity contribution in [3.63, 3.8) is 0 Å². The summed E-state index contributed by atoms with van der Waals surface area (Å²) in [7, 11) is 0. The molecule has 1 saturated heterocycles. The van der Waals surface area contributed by atoms with Gasteiger partial charge in [-0.25, -0.2) is 0 Å². The number of hydrogen-bond donors (Lipinski definition) is 0. The van der Waals surface area contributed by atoms with Crippen LogP contribution in [0, 0.1) is 0 Å². The van der Waals surface area contributed by atoms with Crippen molar-refractivity contribution in [1.29, 1.82) is 0 Å². The topological polar surface area (TPSA) is 38.8 Å². The Morgan fingerprint density at radius 2 is 1.80 bits per heavy atom. The van der Waals surface area contributed by atoms with E-state index < -0.39 is 0 Å². The first-order chi connectivity index (χ1) is 9.81. The molecule has 0 radical (unpaired) electrons. The van der Waals surface area contributed by atoms with E-state index in [0.717, 1.165) is 43.9 Å². The predicted octanol–water partition coefficient (Wildman–Crippen LogP) is 2.87. The summed E-state index contributed by atoms with van der Waals surface area (Å²) >= 11 is 0. The molecule has 0 aromatic heterocycles. The smallest absolute Gasteiger partial charge is 0.222 e. The van der Waals surface area contributed by atoms with E-state index in [1.807, 2.05) is 36.1 Å². The van der Waals surface area contributed by atoms with E-state index in [9.17, 15) is 4.79 Å². The van der Waals surface area contributed by atoms with Gasteiger partial charge in [-0.1, -0.05) is 12.1 Å². The van der Waals surface area contributed by atoms with E-state index >= 15 is 0 Å². The molecule has 1 amide bonds. The van der Waals surface area contributed by atoms with Gasteiger partial charge < -0.3 is 14.4 Å². The molecule has 20 heavy (non-hydrogen) atoms. The molecule has 0 N–H and O–H groups in total. The first-order valence-electron chi connectivity index (χ1n) is 7.43. The van der Waals surface area contributed by atoms with Crippen molar-refractivity contribution in [1.82, 2.24) is 4.90 Å². The molecule has 1 aromatic rings. The fourth-order valence-corrected chi connectivity index (χ4v) is 2.37. The number of likely N-dealkylation sites (tertiary alicyclic amines) is 1. The van der Waals surface area contributed by atoms with Crippen molar-refractivity contribution < 1.29 is 14.3 Å². The molecule has 1 aliphatic rings. The average Bonchev–Trinajstić information content (AvgIpc) is 2.99. The minimum atomic E-state index is 0.254. The highest BCUT2D eigenvalue weighted by atomic mass is 16.5. The van der Waals surface area contributed by atoms with Crippen LogP contribution in [0.3, 0.4) is 0 Å². The highest BCUT2D eigenvalue weighted by molar-refractivity contribution is 5.76. The number of carbonyl (C=O) groups is 1. The van der Waals surface area contributed by atoms with Crippen molar-refractivity contribution in [3.8, 4) is 11.5 Å². The molecule has 2 rings (SSSR count). The van der Waals surface area contributed by atoms with Gasteiger partial charge in [0.1, 0.15) is 0 Å². The first-order valence-corrected chi connectivity index (χ1v) is 7.43. The van der Waals surface area contributed by atoms with Crippen molar-refractivity contribution in [3.05, 3.63) is 24.3 Å². The Hall–Kier alpha value is -1.71. The minimum Gasteiger partial charge on any atom is -0.490 e. The maximum Gasteiger partial charge on any atom is 0.222 e. The number of para-hydroxylation sites is 2. The second-order valence-electron chi connectivity index (χ2n) is 4.92. The Balaban J connectivity index is 1.71. The lowest BCUT2D eigenvalue weighted by Gasteiger charge is -2.15. The SMILES string of the molecule is CCOc1ccccc1OCCCC(=O)N1CCCC1. The van der Waals surface area contributed by atoms with Crippen LogP contribution in [0.25, 0.3) is 0 Å². The van der Waals surface area contributed by atoms with Gasteiger partial charge in [0.05, 0.1) is 13.2 Å².